The predicted octanol–water partition coefficient (Wildman–Crippen LogP) is 3.65. The highest BCUT2D eigenvalue weighted by Crippen LogP contribution is 2.31. The zero-order valence-corrected chi connectivity index (χ0v) is 12.9. The molecule has 2 heterocycles. The van der Waals surface area contributed by atoms with Crippen LogP contribution in [0.4, 0.5) is 5.82 Å². The largest absolute Gasteiger partial charge is 0.462 e. The quantitative estimate of drug-likeness (QED) is 0.809. The Morgan fingerprint density at radius 1 is 1.17 bits per heavy atom. The van der Waals surface area contributed by atoms with Crippen molar-refractivity contribution in [1.82, 2.24) is 4.98 Å². The Balaban J connectivity index is 1.99. The minimum Gasteiger partial charge on any atom is -0.462 e. The Kier molecular flexibility index (Phi) is 4.52. The summed E-state index contributed by atoms with van der Waals surface area (Å²) in [7, 11) is 0. The smallest absolute Gasteiger partial charge is 0.339 e. The number of aromatic nitrogens is 1. The Hall–Kier alpha value is -2.88. The van der Waals surface area contributed by atoms with Crippen molar-refractivity contribution in [2.24, 2.45) is 0 Å². The van der Waals surface area contributed by atoms with Gasteiger partial charge in [0.1, 0.15) is 5.82 Å². The molecular weight excluding hydrogens is 288 g/mol. The maximum Gasteiger partial charge on any atom is 0.339 e. The van der Waals surface area contributed by atoms with Gasteiger partial charge >= 0.3 is 5.97 Å². The molecule has 2 aromatic rings. The number of rotatable bonds is 4. The average Bonchev–Trinajstić information content (AvgIpc) is 2.63. The van der Waals surface area contributed by atoms with E-state index < -0.39 is 0 Å². The number of benzene rings is 1. The molecule has 0 saturated heterocycles. The third-order valence-electron chi connectivity index (χ3n) is 3.60. The Morgan fingerprint density at radius 3 is 2.65 bits per heavy atom. The molecule has 0 saturated carbocycles. The lowest BCUT2D eigenvalue weighted by Gasteiger charge is -2.31. The summed E-state index contributed by atoms with van der Waals surface area (Å²) in [5, 5.41) is 0. The molecule has 0 bridgehead atoms. The summed E-state index contributed by atoms with van der Waals surface area (Å²) < 4.78 is 5.10. The van der Waals surface area contributed by atoms with Crippen LogP contribution in [0.5, 0.6) is 0 Å². The lowest BCUT2D eigenvalue weighted by Crippen LogP contribution is -2.27. The Bertz CT molecular complexity index is 724. The fourth-order valence-electron chi connectivity index (χ4n) is 2.53. The fourth-order valence-corrected chi connectivity index (χ4v) is 2.53. The molecular formula is C19H18N2O2. The van der Waals surface area contributed by atoms with E-state index in [9.17, 15) is 4.79 Å². The van der Waals surface area contributed by atoms with Crippen molar-refractivity contribution in [3.05, 3.63) is 84.2 Å². The molecule has 1 unspecified atom stereocenters. The maximum absolute atomic E-state index is 12.0. The number of esters is 1. The molecule has 4 nitrogen and oxygen atoms in total. The van der Waals surface area contributed by atoms with E-state index in [1.165, 1.54) is 0 Å². The number of hydrogen-bond donors (Lipinski definition) is 0. The number of carbonyl (C=O) groups excluding carboxylic acids is 1. The van der Waals surface area contributed by atoms with E-state index in [1.54, 1.807) is 19.3 Å². The van der Waals surface area contributed by atoms with Crippen LogP contribution in [-0.2, 0) is 9.53 Å². The highest BCUT2D eigenvalue weighted by molar-refractivity contribution is 5.92. The number of carbonyl (C=O) groups is 1. The third kappa shape index (κ3) is 3.31. The minimum atomic E-state index is -0.323. The zero-order chi connectivity index (χ0) is 16.1. The lowest BCUT2D eigenvalue weighted by atomic mass is 10.0. The zero-order valence-electron chi connectivity index (χ0n) is 12.9. The van der Waals surface area contributed by atoms with Gasteiger partial charge in [0.15, 0.2) is 0 Å². The second-order valence-corrected chi connectivity index (χ2v) is 5.11. The second-order valence-electron chi connectivity index (χ2n) is 5.11. The molecule has 0 N–H and O–H groups in total. The van der Waals surface area contributed by atoms with Crippen LogP contribution < -0.4 is 4.90 Å². The summed E-state index contributed by atoms with van der Waals surface area (Å²) in [4.78, 5) is 18.4. The van der Waals surface area contributed by atoms with Crippen LogP contribution in [0, 0.1) is 0 Å². The molecule has 1 aromatic heterocycles. The van der Waals surface area contributed by atoms with Gasteiger partial charge in [-0.05, 0) is 30.7 Å². The summed E-state index contributed by atoms with van der Waals surface area (Å²) in [6.07, 6.45) is 7.36. The van der Waals surface area contributed by atoms with Gasteiger partial charge in [0.2, 0.25) is 0 Å². The van der Waals surface area contributed by atoms with E-state index in [4.69, 9.17) is 4.74 Å². The first-order chi connectivity index (χ1) is 11.3. The van der Waals surface area contributed by atoms with Crippen LogP contribution in [-0.4, -0.2) is 17.6 Å². The topological polar surface area (TPSA) is 42.4 Å². The van der Waals surface area contributed by atoms with Gasteiger partial charge in [-0.1, -0.05) is 42.5 Å². The van der Waals surface area contributed by atoms with Gasteiger partial charge in [0, 0.05) is 12.4 Å². The molecule has 116 valence electrons. The number of hydrogen-bond acceptors (Lipinski definition) is 4. The number of nitrogens with zero attached hydrogens (tertiary/aromatic N) is 2. The number of ether oxygens (including phenoxy) is 1. The van der Waals surface area contributed by atoms with Crippen molar-refractivity contribution in [2.75, 3.05) is 11.5 Å². The first-order valence-corrected chi connectivity index (χ1v) is 7.61. The maximum atomic E-state index is 12.0. The number of anilines is 1. The average molecular weight is 306 g/mol. The van der Waals surface area contributed by atoms with Crippen molar-refractivity contribution in [2.45, 2.75) is 13.0 Å². The number of pyridine rings is 1. The fraction of sp³-hybridized carbons (Fsp3) is 0.158. The highest BCUT2D eigenvalue weighted by atomic mass is 16.5. The lowest BCUT2D eigenvalue weighted by molar-refractivity contribution is -0.138. The molecule has 4 heteroatoms. The van der Waals surface area contributed by atoms with Gasteiger partial charge in [0.25, 0.3) is 0 Å². The molecule has 0 spiro atoms. The Labute approximate surface area is 135 Å². The minimum absolute atomic E-state index is 0.00993. The molecule has 0 aliphatic carbocycles. The van der Waals surface area contributed by atoms with Gasteiger partial charge in [-0.3, -0.25) is 0 Å². The summed E-state index contributed by atoms with van der Waals surface area (Å²) in [5.74, 6) is 0.462. The van der Waals surface area contributed by atoms with Crippen molar-refractivity contribution >= 4 is 11.8 Å². The molecule has 1 aliphatic rings. The van der Waals surface area contributed by atoms with Crippen molar-refractivity contribution < 1.29 is 9.53 Å². The van der Waals surface area contributed by atoms with Gasteiger partial charge < -0.3 is 9.64 Å². The monoisotopic (exact) mass is 306 g/mol. The second kappa shape index (κ2) is 6.92. The van der Waals surface area contributed by atoms with Gasteiger partial charge in [-0.25, -0.2) is 9.78 Å². The van der Waals surface area contributed by atoms with E-state index in [0.717, 1.165) is 11.4 Å². The standard InChI is InChI=1S/C19H18N2O2/c1-2-23-19(22)16-11-12-17(15-8-4-3-5-9-15)21(14-16)18-10-6-7-13-20-18/h3-14,17H,2H2,1H3. The van der Waals surface area contributed by atoms with Crippen LogP contribution in [0.15, 0.2) is 78.7 Å². The summed E-state index contributed by atoms with van der Waals surface area (Å²) >= 11 is 0. The van der Waals surface area contributed by atoms with Crippen LogP contribution in [0.25, 0.3) is 0 Å². The normalized spacial score (nSPS) is 16.8. The van der Waals surface area contributed by atoms with Crippen LogP contribution in [0.1, 0.15) is 18.5 Å². The first kappa shape index (κ1) is 15.0. The summed E-state index contributed by atoms with van der Waals surface area (Å²) in [6.45, 7) is 2.16. The first-order valence-electron chi connectivity index (χ1n) is 7.61. The Morgan fingerprint density at radius 2 is 1.96 bits per heavy atom. The molecule has 1 aromatic carbocycles. The summed E-state index contributed by atoms with van der Waals surface area (Å²) in [5.41, 5.74) is 1.65. The van der Waals surface area contributed by atoms with Crippen LogP contribution in [0.3, 0.4) is 0 Å². The van der Waals surface area contributed by atoms with Crippen molar-refractivity contribution in [3.8, 4) is 0 Å². The SMILES string of the molecule is CCOC(=O)C1=CN(c2ccccn2)C(c2ccccc2)C=C1. The van der Waals surface area contributed by atoms with E-state index in [1.807, 2.05) is 53.5 Å². The van der Waals surface area contributed by atoms with E-state index in [-0.39, 0.29) is 12.0 Å². The molecule has 0 fully saturated rings. The van der Waals surface area contributed by atoms with Crippen molar-refractivity contribution in [1.29, 1.82) is 0 Å². The van der Waals surface area contributed by atoms with Crippen LogP contribution >= 0.6 is 0 Å². The molecule has 3 rings (SSSR count). The molecule has 23 heavy (non-hydrogen) atoms. The highest BCUT2D eigenvalue weighted by Gasteiger charge is 2.23. The molecule has 0 amide bonds. The van der Waals surface area contributed by atoms with Gasteiger partial charge in [-0.2, -0.15) is 0 Å². The molecule has 0 radical (unpaired) electrons. The van der Waals surface area contributed by atoms with Crippen LogP contribution in [0.2, 0.25) is 0 Å². The third-order valence-corrected chi connectivity index (χ3v) is 3.60. The van der Waals surface area contributed by atoms with Gasteiger partial charge in [0.05, 0.1) is 18.2 Å². The van der Waals surface area contributed by atoms with Crippen molar-refractivity contribution in [3.63, 3.8) is 0 Å². The van der Waals surface area contributed by atoms with E-state index >= 15 is 0 Å². The molecule has 1 aliphatic heterocycles. The van der Waals surface area contributed by atoms with E-state index in [0.29, 0.717) is 12.2 Å². The summed E-state index contributed by atoms with van der Waals surface area (Å²) in [6, 6.07) is 15.8. The molecule has 1 atom stereocenters. The predicted molar refractivity (Wildman–Crippen MR) is 89.8 cm³/mol. The van der Waals surface area contributed by atoms with E-state index in [2.05, 4.69) is 17.1 Å². The van der Waals surface area contributed by atoms with Gasteiger partial charge in [-0.15, -0.1) is 0 Å².